The van der Waals surface area contributed by atoms with Crippen LogP contribution in [0.1, 0.15) is 10.6 Å². The summed E-state index contributed by atoms with van der Waals surface area (Å²) >= 11 is 3.24. The summed E-state index contributed by atoms with van der Waals surface area (Å²) in [7, 11) is 1.62. The van der Waals surface area contributed by atoms with E-state index in [1.807, 2.05) is 0 Å². The Morgan fingerprint density at radius 3 is 2.65 bits per heavy atom. The topological polar surface area (TPSA) is 46.3 Å². The smallest absolute Gasteiger partial charge is 0.293 e. The normalized spacial score (nSPS) is 10.6. The van der Waals surface area contributed by atoms with Crippen molar-refractivity contribution in [3.05, 3.63) is 70.9 Å². The predicted molar refractivity (Wildman–Crippen MR) is 88.8 cm³/mol. The number of carbonyl (C=O) groups is 1. The van der Waals surface area contributed by atoms with Crippen molar-refractivity contribution in [1.82, 2.24) is 4.98 Å². The van der Waals surface area contributed by atoms with Crippen LogP contribution in [0.4, 0.5) is 10.1 Å². The van der Waals surface area contributed by atoms with Crippen LogP contribution in [0, 0.1) is 5.82 Å². The van der Waals surface area contributed by atoms with Crippen LogP contribution in [0.25, 0.3) is 11.3 Å². The molecular weight excluding hydrogens is 363 g/mol. The molecule has 0 saturated carbocycles. The number of hydrogen-bond donors (Lipinski definition) is 0. The first-order chi connectivity index (χ1) is 11.1. The van der Waals surface area contributed by atoms with E-state index in [1.165, 1.54) is 17.0 Å². The van der Waals surface area contributed by atoms with E-state index in [1.54, 1.807) is 49.6 Å². The molecule has 0 aliphatic heterocycles. The number of anilines is 1. The summed E-state index contributed by atoms with van der Waals surface area (Å²) in [5, 5.41) is 0. The second-order valence-electron chi connectivity index (χ2n) is 4.85. The maximum absolute atomic E-state index is 13.8. The number of amides is 1. The highest BCUT2D eigenvalue weighted by atomic mass is 79.9. The largest absolute Gasteiger partial charge is 0.451 e. The minimum absolute atomic E-state index is 0.133. The van der Waals surface area contributed by atoms with Crippen LogP contribution >= 0.6 is 15.9 Å². The standard InChI is InChI=1S/C17H12BrFN2O2/c1-21(11-6-9-16(18)20-10-11)17(22)15-8-7-14(23-15)12-4-2-3-5-13(12)19/h2-10H,1H3. The van der Waals surface area contributed by atoms with E-state index >= 15 is 0 Å². The van der Waals surface area contributed by atoms with Gasteiger partial charge in [-0.05, 0) is 52.3 Å². The highest BCUT2D eigenvalue weighted by Gasteiger charge is 2.19. The van der Waals surface area contributed by atoms with Crippen molar-refractivity contribution in [3.63, 3.8) is 0 Å². The molecule has 0 radical (unpaired) electrons. The van der Waals surface area contributed by atoms with Gasteiger partial charge in [-0.15, -0.1) is 0 Å². The second kappa shape index (κ2) is 6.34. The van der Waals surface area contributed by atoms with Gasteiger partial charge in [0.1, 0.15) is 16.2 Å². The molecule has 0 N–H and O–H groups in total. The number of rotatable bonds is 3. The fraction of sp³-hybridized carbons (Fsp3) is 0.0588. The Bertz CT molecular complexity index is 846. The average Bonchev–Trinajstić information content (AvgIpc) is 3.04. The summed E-state index contributed by atoms with van der Waals surface area (Å²) in [6.45, 7) is 0. The summed E-state index contributed by atoms with van der Waals surface area (Å²) in [6, 6.07) is 12.9. The lowest BCUT2D eigenvalue weighted by molar-refractivity contribution is 0.0967. The Morgan fingerprint density at radius 2 is 1.96 bits per heavy atom. The third kappa shape index (κ3) is 3.17. The van der Waals surface area contributed by atoms with E-state index in [2.05, 4.69) is 20.9 Å². The van der Waals surface area contributed by atoms with Crippen LogP contribution in [-0.4, -0.2) is 17.9 Å². The van der Waals surface area contributed by atoms with Crippen molar-refractivity contribution in [1.29, 1.82) is 0 Å². The number of aromatic nitrogens is 1. The number of benzene rings is 1. The van der Waals surface area contributed by atoms with Crippen molar-refractivity contribution in [3.8, 4) is 11.3 Å². The fourth-order valence-electron chi connectivity index (χ4n) is 2.11. The molecule has 1 aromatic carbocycles. The Hall–Kier alpha value is -2.47. The number of furan rings is 1. The van der Waals surface area contributed by atoms with Gasteiger partial charge >= 0.3 is 0 Å². The van der Waals surface area contributed by atoms with E-state index in [0.29, 0.717) is 21.6 Å². The molecule has 0 fully saturated rings. The molecular formula is C17H12BrFN2O2. The van der Waals surface area contributed by atoms with Crippen molar-refractivity contribution in [2.24, 2.45) is 0 Å². The molecule has 1 amide bonds. The predicted octanol–water partition coefficient (Wildman–Crippen LogP) is 4.52. The van der Waals surface area contributed by atoms with Gasteiger partial charge in [-0.3, -0.25) is 4.79 Å². The monoisotopic (exact) mass is 374 g/mol. The zero-order valence-corrected chi connectivity index (χ0v) is 13.7. The van der Waals surface area contributed by atoms with Gasteiger partial charge in [-0.1, -0.05) is 12.1 Å². The summed E-state index contributed by atoms with van der Waals surface area (Å²) < 4.78 is 20.0. The molecule has 2 heterocycles. The van der Waals surface area contributed by atoms with E-state index in [-0.39, 0.29) is 11.7 Å². The Balaban J connectivity index is 1.86. The molecule has 0 aliphatic rings. The number of carbonyl (C=O) groups excluding carboxylic acids is 1. The van der Waals surface area contributed by atoms with Crippen molar-refractivity contribution in [2.75, 3.05) is 11.9 Å². The molecule has 2 aromatic heterocycles. The van der Waals surface area contributed by atoms with E-state index in [9.17, 15) is 9.18 Å². The van der Waals surface area contributed by atoms with Crippen LogP contribution in [0.15, 0.2) is 63.7 Å². The molecule has 0 bridgehead atoms. The maximum Gasteiger partial charge on any atom is 0.293 e. The van der Waals surface area contributed by atoms with Gasteiger partial charge in [0, 0.05) is 7.05 Å². The molecule has 3 aromatic rings. The Labute approximate surface area is 140 Å². The van der Waals surface area contributed by atoms with Gasteiger partial charge in [0.05, 0.1) is 17.4 Å². The number of pyridine rings is 1. The summed E-state index contributed by atoms with van der Waals surface area (Å²) in [5.74, 6) is -0.287. The quantitative estimate of drug-likeness (QED) is 0.633. The van der Waals surface area contributed by atoms with Gasteiger partial charge in [0.15, 0.2) is 5.76 Å². The van der Waals surface area contributed by atoms with Crippen LogP contribution < -0.4 is 4.90 Å². The van der Waals surface area contributed by atoms with Gasteiger partial charge < -0.3 is 9.32 Å². The molecule has 0 aliphatic carbocycles. The third-order valence-electron chi connectivity index (χ3n) is 3.36. The van der Waals surface area contributed by atoms with Gasteiger partial charge in [-0.25, -0.2) is 9.37 Å². The molecule has 6 heteroatoms. The zero-order valence-electron chi connectivity index (χ0n) is 12.2. The fourth-order valence-corrected chi connectivity index (χ4v) is 2.34. The lowest BCUT2D eigenvalue weighted by Gasteiger charge is -2.15. The van der Waals surface area contributed by atoms with Crippen molar-refractivity contribution < 1.29 is 13.6 Å². The summed E-state index contributed by atoms with van der Waals surface area (Å²) in [6.07, 6.45) is 1.57. The summed E-state index contributed by atoms with van der Waals surface area (Å²) in [4.78, 5) is 18.0. The van der Waals surface area contributed by atoms with E-state index in [4.69, 9.17) is 4.42 Å². The number of nitrogens with zero attached hydrogens (tertiary/aromatic N) is 2. The first-order valence-electron chi connectivity index (χ1n) is 6.80. The Morgan fingerprint density at radius 1 is 1.17 bits per heavy atom. The lowest BCUT2D eigenvalue weighted by Crippen LogP contribution is -2.25. The van der Waals surface area contributed by atoms with E-state index < -0.39 is 5.82 Å². The zero-order chi connectivity index (χ0) is 16.4. The summed E-state index contributed by atoms with van der Waals surface area (Å²) in [5.41, 5.74) is 0.946. The number of halogens is 2. The second-order valence-corrected chi connectivity index (χ2v) is 5.66. The molecule has 4 nitrogen and oxygen atoms in total. The lowest BCUT2D eigenvalue weighted by atomic mass is 10.1. The van der Waals surface area contributed by atoms with Crippen LogP contribution in [-0.2, 0) is 0 Å². The van der Waals surface area contributed by atoms with Crippen molar-refractivity contribution >= 4 is 27.5 Å². The number of hydrogen-bond acceptors (Lipinski definition) is 3. The van der Waals surface area contributed by atoms with Crippen LogP contribution in [0.3, 0.4) is 0 Å². The SMILES string of the molecule is CN(C(=O)c1ccc(-c2ccccc2F)o1)c1ccc(Br)nc1. The third-order valence-corrected chi connectivity index (χ3v) is 3.83. The minimum atomic E-state index is -0.397. The van der Waals surface area contributed by atoms with E-state index in [0.717, 1.165) is 0 Å². The average molecular weight is 375 g/mol. The van der Waals surface area contributed by atoms with Crippen LogP contribution in [0.5, 0.6) is 0 Å². The maximum atomic E-state index is 13.8. The molecule has 0 spiro atoms. The van der Waals surface area contributed by atoms with Crippen molar-refractivity contribution in [2.45, 2.75) is 0 Å². The Kier molecular flexibility index (Phi) is 4.25. The first-order valence-corrected chi connectivity index (χ1v) is 7.60. The molecule has 0 saturated heterocycles. The molecule has 23 heavy (non-hydrogen) atoms. The highest BCUT2D eigenvalue weighted by Crippen LogP contribution is 2.26. The molecule has 0 atom stereocenters. The van der Waals surface area contributed by atoms with Gasteiger partial charge in [-0.2, -0.15) is 0 Å². The van der Waals surface area contributed by atoms with Gasteiger partial charge in [0.25, 0.3) is 5.91 Å². The van der Waals surface area contributed by atoms with Crippen LogP contribution in [0.2, 0.25) is 0 Å². The molecule has 3 rings (SSSR count). The minimum Gasteiger partial charge on any atom is -0.451 e. The molecule has 116 valence electrons. The first kappa shape index (κ1) is 15.4. The highest BCUT2D eigenvalue weighted by molar-refractivity contribution is 9.10. The molecule has 0 unspecified atom stereocenters. The van der Waals surface area contributed by atoms with Gasteiger partial charge in [0.2, 0.25) is 0 Å².